The lowest BCUT2D eigenvalue weighted by atomic mass is 9.85. The van der Waals surface area contributed by atoms with Gasteiger partial charge in [-0.2, -0.15) is 4.79 Å². The van der Waals surface area contributed by atoms with E-state index in [4.69, 9.17) is 10.3 Å². The standard InChI is InChI=1S/C15H10N2O2/c16-17-9-12(18)15-10-5-1-3-7-13(10)19-14-8-4-2-6-11(14)15/h1-9,15H. The first kappa shape index (κ1) is 11.4. The number of fused-ring (bicyclic) bond motifs is 2. The molecule has 0 fully saturated rings. The summed E-state index contributed by atoms with van der Waals surface area (Å²) in [5, 5.41) is 0. The lowest BCUT2D eigenvalue weighted by molar-refractivity contribution is -0.116. The Morgan fingerprint density at radius 3 is 2.11 bits per heavy atom. The van der Waals surface area contributed by atoms with E-state index in [-0.39, 0.29) is 5.78 Å². The van der Waals surface area contributed by atoms with Gasteiger partial charge in [-0.1, -0.05) is 36.4 Å². The average Bonchev–Trinajstić information content (AvgIpc) is 2.44. The highest BCUT2D eigenvalue weighted by molar-refractivity contribution is 6.29. The number of benzene rings is 2. The lowest BCUT2D eigenvalue weighted by Gasteiger charge is -2.25. The smallest absolute Gasteiger partial charge is 0.324 e. The van der Waals surface area contributed by atoms with Crippen molar-refractivity contribution in [3.63, 3.8) is 0 Å². The number of Topliss-reactive ketones (excluding diaryl/α,β-unsaturated/α-hetero) is 1. The highest BCUT2D eigenvalue weighted by Crippen LogP contribution is 2.43. The molecule has 4 heteroatoms. The number of ether oxygens (including phenoxy) is 1. The Morgan fingerprint density at radius 2 is 1.58 bits per heavy atom. The third-order valence-corrected chi connectivity index (χ3v) is 3.15. The molecule has 0 radical (unpaired) electrons. The summed E-state index contributed by atoms with van der Waals surface area (Å²) < 4.78 is 5.78. The number of para-hydroxylation sites is 2. The molecule has 4 nitrogen and oxygen atoms in total. The molecule has 1 aliphatic rings. The second-order valence-corrected chi connectivity index (χ2v) is 4.26. The van der Waals surface area contributed by atoms with E-state index in [2.05, 4.69) is 4.79 Å². The van der Waals surface area contributed by atoms with Gasteiger partial charge in [-0.05, 0) is 12.1 Å². The summed E-state index contributed by atoms with van der Waals surface area (Å²) in [7, 11) is 0. The zero-order chi connectivity index (χ0) is 13.2. The van der Waals surface area contributed by atoms with Crippen molar-refractivity contribution in [2.24, 2.45) is 0 Å². The van der Waals surface area contributed by atoms with E-state index < -0.39 is 5.92 Å². The monoisotopic (exact) mass is 250 g/mol. The minimum Gasteiger partial charge on any atom is -0.457 e. The van der Waals surface area contributed by atoms with Crippen LogP contribution in [0.1, 0.15) is 17.0 Å². The van der Waals surface area contributed by atoms with Gasteiger partial charge < -0.3 is 10.3 Å². The predicted molar refractivity (Wildman–Crippen MR) is 69.5 cm³/mol. The maximum absolute atomic E-state index is 12.2. The predicted octanol–water partition coefficient (Wildman–Crippen LogP) is 2.79. The van der Waals surface area contributed by atoms with Gasteiger partial charge in [0.1, 0.15) is 11.5 Å². The summed E-state index contributed by atoms with van der Waals surface area (Å²) in [6.45, 7) is 0. The fourth-order valence-electron chi connectivity index (χ4n) is 2.35. The van der Waals surface area contributed by atoms with E-state index in [9.17, 15) is 4.79 Å². The summed E-state index contributed by atoms with van der Waals surface area (Å²) in [4.78, 5) is 15.0. The van der Waals surface area contributed by atoms with Gasteiger partial charge in [0.15, 0.2) is 0 Å². The van der Waals surface area contributed by atoms with Crippen LogP contribution in [0, 0.1) is 0 Å². The number of hydrogen-bond acceptors (Lipinski definition) is 2. The summed E-state index contributed by atoms with van der Waals surface area (Å²) >= 11 is 0. The van der Waals surface area contributed by atoms with Crippen LogP contribution in [0.2, 0.25) is 0 Å². The molecule has 0 saturated heterocycles. The average molecular weight is 250 g/mol. The molecule has 0 saturated carbocycles. The number of rotatable bonds is 2. The van der Waals surface area contributed by atoms with Crippen molar-refractivity contribution < 1.29 is 14.3 Å². The molecule has 19 heavy (non-hydrogen) atoms. The van der Waals surface area contributed by atoms with Crippen molar-refractivity contribution >= 4 is 12.0 Å². The van der Waals surface area contributed by atoms with E-state index >= 15 is 0 Å². The Morgan fingerprint density at radius 1 is 1.05 bits per heavy atom. The molecule has 2 aromatic rings. The third-order valence-electron chi connectivity index (χ3n) is 3.15. The first-order valence-corrected chi connectivity index (χ1v) is 5.88. The SMILES string of the molecule is [N-]=[N+]=CC(=O)C1c2ccccc2Oc2ccccc21. The molecular formula is C15H10N2O2. The first-order valence-electron chi connectivity index (χ1n) is 5.88. The Bertz CT molecular complexity index is 657. The summed E-state index contributed by atoms with van der Waals surface area (Å²) in [5.41, 5.74) is 10.1. The minimum atomic E-state index is -0.489. The number of nitrogens with zero attached hydrogens (tertiary/aromatic N) is 2. The largest absolute Gasteiger partial charge is 0.457 e. The van der Waals surface area contributed by atoms with Gasteiger partial charge in [0.25, 0.3) is 0 Å². The molecule has 0 unspecified atom stereocenters. The molecular weight excluding hydrogens is 240 g/mol. The second-order valence-electron chi connectivity index (χ2n) is 4.26. The van der Waals surface area contributed by atoms with Gasteiger partial charge in [-0.25, -0.2) is 0 Å². The van der Waals surface area contributed by atoms with Crippen LogP contribution < -0.4 is 4.74 Å². The third kappa shape index (κ3) is 1.84. The van der Waals surface area contributed by atoms with E-state index in [0.717, 1.165) is 17.3 Å². The van der Waals surface area contributed by atoms with E-state index in [1.165, 1.54) is 0 Å². The molecule has 0 amide bonds. The summed E-state index contributed by atoms with van der Waals surface area (Å²) in [6, 6.07) is 14.8. The van der Waals surface area contributed by atoms with Crippen LogP contribution in [-0.2, 0) is 4.79 Å². The van der Waals surface area contributed by atoms with Crippen LogP contribution in [-0.4, -0.2) is 16.8 Å². The van der Waals surface area contributed by atoms with E-state index in [1.807, 2.05) is 48.5 Å². The van der Waals surface area contributed by atoms with Crippen LogP contribution in [0.15, 0.2) is 48.5 Å². The fraction of sp³-hybridized carbons (Fsp3) is 0.0667. The normalized spacial score (nSPS) is 12.6. The molecule has 3 rings (SSSR count). The van der Waals surface area contributed by atoms with Crippen molar-refractivity contribution in [3.05, 3.63) is 65.2 Å². The second kappa shape index (κ2) is 4.52. The topological polar surface area (TPSA) is 62.7 Å². The Kier molecular flexibility index (Phi) is 2.71. The summed E-state index contributed by atoms with van der Waals surface area (Å²) in [5.74, 6) is 0.555. The quantitative estimate of drug-likeness (QED) is 0.467. The molecule has 2 aromatic carbocycles. The van der Waals surface area contributed by atoms with Gasteiger partial charge in [0.05, 0.1) is 5.92 Å². The number of hydrogen-bond donors (Lipinski definition) is 0. The zero-order valence-corrected chi connectivity index (χ0v) is 9.98. The van der Waals surface area contributed by atoms with Gasteiger partial charge in [0, 0.05) is 11.1 Å². The first-order chi connectivity index (χ1) is 9.31. The van der Waals surface area contributed by atoms with Crippen molar-refractivity contribution in [1.29, 1.82) is 0 Å². The van der Waals surface area contributed by atoms with Crippen molar-refractivity contribution in [1.82, 2.24) is 0 Å². The molecule has 1 aliphatic heterocycles. The van der Waals surface area contributed by atoms with Crippen LogP contribution in [0.3, 0.4) is 0 Å². The van der Waals surface area contributed by atoms with Gasteiger partial charge in [-0.15, -0.1) is 0 Å². The van der Waals surface area contributed by atoms with Gasteiger partial charge >= 0.3 is 6.21 Å². The molecule has 0 N–H and O–H groups in total. The van der Waals surface area contributed by atoms with E-state index in [1.54, 1.807) is 0 Å². The van der Waals surface area contributed by atoms with Crippen LogP contribution in [0.4, 0.5) is 0 Å². The van der Waals surface area contributed by atoms with Crippen molar-refractivity contribution in [3.8, 4) is 11.5 Å². The molecule has 92 valence electrons. The molecule has 0 aromatic heterocycles. The zero-order valence-electron chi connectivity index (χ0n) is 9.98. The fourth-order valence-corrected chi connectivity index (χ4v) is 2.35. The van der Waals surface area contributed by atoms with Crippen LogP contribution in [0.25, 0.3) is 5.53 Å². The minimum absolute atomic E-state index is 0.272. The maximum atomic E-state index is 12.2. The van der Waals surface area contributed by atoms with E-state index in [0.29, 0.717) is 11.5 Å². The van der Waals surface area contributed by atoms with Gasteiger partial charge in [0.2, 0.25) is 5.78 Å². The molecule has 0 bridgehead atoms. The lowest BCUT2D eigenvalue weighted by Crippen LogP contribution is -2.20. The number of carbonyl (C=O) groups excluding carboxylic acids is 1. The number of ketones is 1. The Labute approximate surface area is 109 Å². The molecule has 0 spiro atoms. The Balaban J connectivity index is 2.22. The van der Waals surface area contributed by atoms with Gasteiger partial charge in [-0.3, -0.25) is 4.79 Å². The Hall–Kier alpha value is -2.71. The highest BCUT2D eigenvalue weighted by Gasteiger charge is 2.32. The molecule has 0 aliphatic carbocycles. The van der Waals surface area contributed by atoms with Crippen LogP contribution >= 0.6 is 0 Å². The number of carbonyl (C=O) groups is 1. The highest BCUT2D eigenvalue weighted by atomic mass is 16.5. The molecule has 0 atom stereocenters. The van der Waals surface area contributed by atoms with Crippen molar-refractivity contribution in [2.75, 3.05) is 0 Å². The van der Waals surface area contributed by atoms with Crippen LogP contribution in [0.5, 0.6) is 11.5 Å². The molecule has 1 heterocycles. The van der Waals surface area contributed by atoms with Crippen molar-refractivity contribution in [2.45, 2.75) is 5.92 Å². The maximum Gasteiger partial charge on any atom is 0.324 e. The summed E-state index contributed by atoms with van der Waals surface area (Å²) in [6.07, 6.45) is 0.934.